The molecule has 3 amide bonds. The molecule has 33 heavy (non-hydrogen) atoms. The number of para-hydroxylation sites is 1. The van der Waals surface area contributed by atoms with Crippen LogP contribution in [0.25, 0.3) is 0 Å². The summed E-state index contributed by atoms with van der Waals surface area (Å²) in [5.74, 6) is -0.431. The molecule has 3 rings (SSSR count). The number of hydrogen-bond donors (Lipinski definition) is 3. The summed E-state index contributed by atoms with van der Waals surface area (Å²) >= 11 is 0. The van der Waals surface area contributed by atoms with Gasteiger partial charge in [0, 0.05) is 18.5 Å². The van der Waals surface area contributed by atoms with Gasteiger partial charge in [-0.15, -0.1) is 0 Å². The van der Waals surface area contributed by atoms with Gasteiger partial charge in [0.25, 0.3) is 11.8 Å². The average Bonchev–Trinajstić information content (AvgIpc) is 2.83. The van der Waals surface area contributed by atoms with Crippen LogP contribution in [0, 0.1) is 0 Å². The van der Waals surface area contributed by atoms with Crippen molar-refractivity contribution in [1.82, 2.24) is 5.32 Å². The van der Waals surface area contributed by atoms with E-state index in [-0.39, 0.29) is 18.5 Å². The number of ether oxygens (including phenoxy) is 2. The lowest BCUT2D eigenvalue weighted by atomic mass is 10.1. The number of rotatable bonds is 10. The number of carbonyl (C=O) groups is 3. The molecule has 0 aliphatic carbocycles. The molecule has 0 unspecified atom stereocenters. The summed E-state index contributed by atoms with van der Waals surface area (Å²) in [6.07, 6.45) is 0.0265. The Morgan fingerprint density at radius 3 is 2.33 bits per heavy atom. The molecule has 0 saturated heterocycles. The standard InChI is InChI=1S/C25H25N3O5/c1-32-22-15-18(11-12-21(22)33-16-17-7-3-2-4-8-17)24(30)28-20-10-6-5-9-19(20)25(31)27-14-13-23(26)29/h2-12,15H,13-14,16H2,1H3,(H2,26,29)(H,27,31)(H,28,30). The van der Waals surface area contributed by atoms with E-state index >= 15 is 0 Å². The summed E-state index contributed by atoms with van der Waals surface area (Å²) in [4.78, 5) is 36.2. The highest BCUT2D eigenvalue weighted by atomic mass is 16.5. The van der Waals surface area contributed by atoms with E-state index < -0.39 is 17.7 Å². The van der Waals surface area contributed by atoms with E-state index in [1.54, 1.807) is 42.5 Å². The van der Waals surface area contributed by atoms with Gasteiger partial charge in [-0.2, -0.15) is 0 Å². The van der Waals surface area contributed by atoms with Crippen LogP contribution in [0.15, 0.2) is 72.8 Å². The van der Waals surface area contributed by atoms with Crippen molar-refractivity contribution in [2.45, 2.75) is 13.0 Å². The second kappa shape index (κ2) is 11.3. The highest BCUT2D eigenvalue weighted by molar-refractivity contribution is 6.09. The quantitative estimate of drug-likeness (QED) is 0.441. The normalized spacial score (nSPS) is 10.2. The molecule has 0 aromatic heterocycles. The van der Waals surface area contributed by atoms with Crippen LogP contribution >= 0.6 is 0 Å². The highest BCUT2D eigenvalue weighted by Crippen LogP contribution is 2.29. The van der Waals surface area contributed by atoms with Crippen molar-refractivity contribution < 1.29 is 23.9 Å². The second-order valence-corrected chi connectivity index (χ2v) is 7.11. The topological polar surface area (TPSA) is 120 Å². The van der Waals surface area contributed by atoms with Crippen molar-refractivity contribution in [1.29, 1.82) is 0 Å². The predicted molar refractivity (Wildman–Crippen MR) is 124 cm³/mol. The molecule has 8 heteroatoms. The maximum Gasteiger partial charge on any atom is 0.255 e. The van der Waals surface area contributed by atoms with Crippen LogP contribution < -0.4 is 25.8 Å². The van der Waals surface area contributed by atoms with Gasteiger partial charge in [-0.05, 0) is 35.9 Å². The molecule has 0 spiro atoms. The zero-order valence-electron chi connectivity index (χ0n) is 18.2. The van der Waals surface area contributed by atoms with E-state index in [1.165, 1.54) is 7.11 Å². The zero-order chi connectivity index (χ0) is 23.6. The number of carbonyl (C=O) groups excluding carboxylic acids is 3. The van der Waals surface area contributed by atoms with Gasteiger partial charge in [-0.3, -0.25) is 14.4 Å². The van der Waals surface area contributed by atoms with Crippen LogP contribution in [0.4, 0.5) is 5.69 Å². The van der Waals surface area contributed by atoms with E-state index in [9.17, 15) is 14.4 Å². The Hall–Kier alpha value is -4.33. The summed E-state index contributed by atoms with van der Waals surface area (Å²) < 4.78 is 11.2. The Bertz CT molecular complexity index is 1130. The molecule has 0 saturated carbocycles. The van der Waals surface area contributed by atoms with Gasteiger partial charge in [-0.25, -0.2) is 0 Å². The molecule has 170 valence electrons. The Morgan fingerprint density at radius 1 is 0.879 bits per heavy atom. The molecule has 0 radical (unpaired) electrons. The van der Waals surface area contributed by atoms with Gasteiger partial charge in [0.1, 0.15) is 6.61 Å². The third-order valence-electron chi connectivity index (χ3n) is 4.74. The van der Waals surface area contributed by atoms with Crippen molar-refractivity contribution >= 4 is 23.4 Å². The van der Waals surface area contributed by atoms with E-state index in [0.29, 0.717) is 29.4 Å². The number of nitrogens with two attached hydrogens (primary N) is 1. The fourth-order valence-corrected chi connectivity index (χ4v) is 3.04. The summed E-state index contributed by atoms with van der Waals surface area (Å²) in [6, 6.07) is 21.1. The number of benzene rings is 3. The van der Waals surface area contributed by atoms with E-state index in [4.69, 9.17) is 15.2 Å². The first-order chi connectivity index (χ1) is 16.0. The average molecular weight is 447 g/mol. The smallest absolute Gasteiger partial charge is 0.255 e. The van der Waals surface area contributed by atoms with Crippen LogP contribution in [-0.4, -0.2) is 31.4 Å². The molecule has 0 atom stereocenters. The summed E-state index contributed by atoms with van der Waals surface area (Å²) in [5, 5.41) is 5.36. The number of nitrogens with one attached hydrogen (secondary N) is 2. The Labute approximate surface area is 191 Å². The predicted octanol–water partition coefficient (Wildman–Crippen LogP) is 3.13. The van der Waals surface area contributed by atoms with Crippen LogP contribution in [0.1, 0.15) is 32.7 Å². The molecule has 0 fully saturated rings. The first-order valence-electron chi connectivity index (χ1n) is 10.3. The number of hydrogen-bond acceptors (Lipinski definition) is 5. The number of methoxy groups -OCH3 is 1. The molecule has 8 nitrogen and oxygen atoms in total. The Morgan fingerprint density at radius 2 is 1.61 bits per heavy atom. The van der Waals surface area contributed by atoms with Crippen LogP contribution in [0.3, 0.4) is 0 Å². The maximum absolute atomic E-state index is 12.9. The second-order valence-electron chi connectivity index (χ2n) is 7.11. The van der Waals surface area contributed by atoms with Crippen LogP contribution in [0.2, 0.25) is 0 Å². The lowest BCUT2D eigenvalue weighted by molar-refractivity contribution is -0.117. The summed E-state index contributed by atoms with van der Waals surface area (Å²) in [6.45, 7) is 0.471. The van der Waals surface area contributed by atoms with E-state index in [0.717, 1.165) is 5.56 Å². The lowest BCUT2D eigenvalue weighted by Crippen LogP contribution is -2.28. The van der Waals surface area contributed by atoms with E-state index in [2.05, 4.69) is 10.6 Å². The van der Waals surface area contributed by atoms with Crippen molar-refractivity contribution in [2.24, 2.45) is 5.73 Å². The molecule has 0 aliphatic rings. The lowest BCUT2D eigenvalue weighted by Gasteiger charge is -2.14. The van der Waals surface area contributed by atoms with Crippen molar-refractivity contribution in [3.05, 3.63) is 89.5 Å². The minimum atomic E-state index is -0.512. The fraction of sp³-hybridized carbons (Fsp3) is 0.160. The van der Waals surface area contributed by atoms with Gasteiger partial charge in [0.05, 0.1) is 18.4 Å². The fourth-order valence-electron chi connectivity index (χ4n) is 3.04. The van der Waals surface area contributed by atoms with Crippen LogP contribution in [0.5, 0.6) is 11.5 Å². The molecule has 3 aromatic carbocycles. The van der Waals surface area contributed by atoms with Crippen molar-refractivity contribution in [3.63, 3.8) is 0 Å². The zero-order valence-corrected chi connectivity index (χ0v) is 18.2. The number of anilines is 1. The van der Waals surface area contributed by atoms with Crippen LogP contribution in [-0.2, 0) is 11.4 Å². The Balaban J connectivity index is 1.70. The van der Waals surface area contributed by atoms with Gasteiger partial charge < -0.3 is 25.8 Å². The number of amides is 3. The van der Waals surface area contributed by atoms with Crippen molar-refractivity contribution in [2.75, 3.05) is 19.0 Å². The highest BCUT2D eigenvalue weighted by Gasteiger charge is 2.16. The molecule has 0 heterocycles. The third-order valence-corrected chi connectivity index (χ3v) is 4.74. The molecule has 4 N–H and O–H groups in total. The summed E-state index contributed by atoms with van der Waals surface area (Å²) in [7, 11) is 1.50. The SMILES string of the molecule is COc1cc(C(=O)Nc2ccccc2C(=O)NCCC(N)=O)ccc1OCc1ccccc1. The van der Waals surface area contributed by atoms with Gasteiger partial charge in [0.2, 0.25) is 5.91 Å². The molecular weight excluding hydrogens is 422 g/mol. The molecule has 0 bridgehead atoms. The van der Waals surface area contributed by atoms with Gasteiger partial charge in [0.15, 0.2) is 11.5 Å². The third kappa shape index (κ3) is 6.57. The van der Waals surface area contributed by atoms with E-state index in [1.807, 2.05) is 30.3 Å². The van der Waals surface area contributed by atoms with Crippen molar-refractivity contribution in [3.8, 4) is 11.5 Å². The maximum atomic E-state index is 12.9. The minimum Gasteiger partial charge on any atom is -0.493 e. The largest absolute Gasteiger partial charge is 0.493 e. The number of primary amides is 1. The first kappa shape index (κ1) is 23.3. The summed E-state index contributed by atoms with van der Waals surface area (Å²) in [5.41, 5.74) is 7.04. The minimum absolute atomic E-state index is 0.0265. The van der Waals surface area contributed by atoms with Gasteiger partial charge in [-0.1, -0.05) is 42.5 Å². The molecular formula is C25H25N3O5. The molecule has 0 aliphatic heterocycles. The Kier molecular flexibility index (Phi) is 8.02. The monoisotopic (exact) mass is 447 g/mol. The molecule has 3 aromatic rings. The van der Waals surface area contributed by atoms with Gasteiger partial charge >= 0.3 is 0 Å². The first-order valence-corrected chi connectivity index (χ1v) is 10.3.